The fourth-order valence-corrected chi connectivity index (χ4v) is 8.39. The maximum atomic E-state index is 15.4. The number of morpholine rings is 1. The van der Waals surface area contributed by atoms with Crippen LogP contribution in [0.3, 0.4) is 0 Å². The third-order valence-corrected chi connectivity index (χ3v) is 11.8. The zero-order chi connectivity index (χ0) is 39.6. The molecule has 294 valence electrons. The van der Waals surface area contributed by atoms with Crippen molar-refractivity contribution >= 4 is 23.6 Å². The number of aromatic hydroxyl groups is 1. The fraction of sp³-hybridized carbons (Fsp3) is 0.326. The monoisotopic (exact) mass is 767 g/mol. The number of carbonyl (C=O) groups is 3. The second-order valence-corrected chi connectivity index (χ2v) is 15.3. The number of hydrogen-bond donors (Lipinski definition) is 1. The highest BCUT2D eigenvalue weighted by molar-refractivity contribution is 6.08. The number of rotatable bonds is 7. The van der Waals surface area contributed by atoms with E-state index in [9.17, 15) is 14.7 Å². The second-order valence-electron chi connectivity index (χ2n) is 15.3. The molecule has 5 aromatic rings. The Morgan fingerprint density at radius 2 is 1.54 bits per heavy atom. The molecular formula is C46H49N5O6. The van der Waals surface area contributed by atoms with Crippen LogP contribution in [-0.2, 0) is 37.7 Å². The van der Waals surface area contributed by atoms with Gasteiger partial charge in [0.05, 0.1) is 18.8 Å². The summed E-state index contributed by atoms with van der Waals surface area (Å²) in [6.07, 6.45) is 1.75. The highest BCUT2D eigenvalue weighted by Gasteiger charge is 2.35. The number of para-hydroxylation sites is 1. The summed E-state index contributed by atoms with van der Waals surface area (Å²) in [5, 5.41) is 9.85. The second kappa shape index (κ2) is 16.3. The van der Waals surface area contributed by atoms with E-state index in [-0.39, 0.29) is 23.6 Å². The van der Waals surface area contributed by atoms with E-state index >= 15 is 4.79 Å². The average Bonchev–Trinajstić information content (AvgIpc) is 3.37. The van der Waals surface area contributed by atoms with E-state index in [2.05, 4.69) is 29.2 Å². The van der Waals surface area contributed by atoms with Gasteiger partial charge in [-0.25, -0.2) is 4.79 Å². The first-order chi connectivity index (χ1) is 27.6. The molecule has 0 unspecified atom stereocenters. The maximum Gasteiger partial charge on any atom is 0.415 e. The largest absolute Gasteiger partial charge is 0.508 e. The quantitative estimate of drug-likeness (QED) is 0.194. The van der Waals surface area contributed by atoms with E-state index in [4.69, 9.17) is 9.47 Å². The van der Waals surface area contributed by atoms with Gasteiger partial charge in [0, 0.05) is 87.6 Å². The van der Waals surface area contributed by atoms with Crippen LogP contribution in [0.5, 0.6) is 11.5 Å². The molecule has 0 radical (unpaired) electrons. The van der Waals surface area contributed by atoms with Crippen LogP contribution in [0.4, 0.5) is 10.5 Å². The molecule has 3 aliphatic heterocycles. The van der Waals surface area contributed by atoms with Crippen molar-refractivity contribution in [2.75, 3.05) is 51.3 Å². The van der Waals surface area contributed by atoms with Gasteiger partial charge in [-0.05, 0) is 103 Å². The Hall–Kier alpha value is -5.91. The van der Waals surface area contributed by atoms with Gasteiger partial charge < -0.3 is 33.8 Å². The van der Waals surface area contributed by atoms with Crippen LogP contribution in [-0.4, -0.2) is 94.8 Å². The minimum Gasteiger partial charge on any atom is -0.508 e. The standard InChI is InChI=1S/C46H49N5O6/c1-31-40(44(53)48(3)36-15-17-38(52)18-16-36)27-43(47(31)2)41-25-33-12-9-19-50(46(55)57-39-13-5-4-6-14-39)28-35(33)26-42(41)45(54)51-29-34-11-8-7-10-32(34)24-37(51)30-49-20-22-56-23-21-49/h4-8,10-11,13-18,25-27,37,52H,9,12,19-24,28-30H2,1-3H3/t37-/m0/s1. The Morgan fingerprint density at radius 3 is 2.30 bits per heavy atom. The van der Waals surface area contributed by atoms with Gasteiger partial charge in [0.1, 0.15) is 11.5 Å². The van der Waals surface area contributed by atoms with Crippen molar-refractivity contribution in [3.8, 4) is 22.8 Å². The topological polar surface area (TPSA) is 108 Å². The van der Waals surface area contributed by atoms with Crippen molar-refractivity contribution < 1.29 is 29.0 Å². The summed E-state index contributed by atoms with van der Waals surface area (Å²) in [7, 11) is 3.65. The zero-order valence-corrected chi connectivity index (χ0v) is 32.8. The van der Waals surface area contributed by atoms with Crippen molar-refractivity contribution in [3.05, 3.63) is 136 Å². The first-order valence-electron chi connectivity index (χ1n) is 19.7. The third-order valence-electron chi connectivity index (χ3n) is 11.8. The number of phenolic OH excluding ortho intramolecular Hbond substituents is 1. The van der Waals surface area contributed by atoms with Crippen LogP contribution >= 0.6 is 0 Å². The molecule has 3 amide bonds. The van der Waals surface area contributed by atoms with Gasteiger partial charge in [0.15, 0.2) is 0 Å². The number of phenols is 1. The molecule has 0 aliphatic carbocycles. The van der Waals surface area contributed by atoms with Crippen LogP contribution in [0.1, 0.15) is 55.1 Å². The van der Waals surface area contributed by atoms with E-state index in [1.165, 1.54) is 5.56 Å². The van der Waals surface area contributed by atoms with Crippen LogP contribution in [0, 0.1) is 6.92 Å². The van der Waals surface area contributed by atoms with E-state index < -0.39 is 6.09 Å². The lowest BCUT2D eigenvalue weighted by Gasteiger charge is -2.41. The molecule has 0 spiro atoms. The van der Waals surface area contributed by atoms with Crippen LogP contribution in [0.15, 0.2) is 97.1 Å². The van der Waals surface area contributed by atoms with Crippen LogP contribution < -0.4 is 9.64 Å². The number of benzene rings is 4. The first-order valence-corrected chi connectivity index (χ1v) is 19.7. The molecule has 4 aromatic carbocycles. The van der Waals surface area contributed by atoms with Crippen molar-refractivity contribution in [1.82, 2.24) is 19.3 Å². The molecule has 57 heavy (non-hydrogen) atoms. The van der Waals surface area contributed by atoms with Gasteiger partial charge in [-0.1, -0.05) is 42.5 Å². The van der Waals surface area contributed by atoms with Crippen molar-refractivity contribution in [2.45, 2.75) is 45.3 Å². The number of nitrogens with zero attached hydrogens (tertiary/aromatic N) is 5. The van der Waals surface area contributed by atoms with E-state index in [1.54, 1.807) is 53.2 Å². The average molecular weight is 768 g/mol. The van der Waals surface area contributed by atoms with Gasteiger partial charge in [-0.3, -0.25) is 14.5 Å². The highest BCUT2D eigenvalue weighted by Crippen LogP contribution is 2.36. The highest BCUT2D eigenvalue weighted by atomic mass is 16.6. The lowest BCUT2D eigenvalue weighted by atomic mass is 9.90. The smallest absolute Gasteiger partial charge is 0.415 e. The maximum absolute atomic E-state index is 15.4. The van der Waals surface area contributed by atoms with Crippen molar-refractivity contribution in [1.29, 1.82) is 0 Å². The zero-order valence-electron chi connectivity index (χ0n) is 32.8. The minimum absolute atomic E-state index is 0.0687. The van der Waals surface area contributed by atoms with Gasteiger partial charge in [-0.15, -0.1) is 0 Å². The molecule has 4 heterocycles. The molecule has 0 bridgehead atoms. The summed E-state index contributed by atoms with van der Waals surface area (Å²) in [4.78, 5) is 50.7. The molecule has 8 rings (SSSR count). The molecule has 1 N–H and O–H groups in total. The number of hydrogen-bond acceptors (Lipinski definition) is 7. The number of aryl methyl sites for hydroxylation is 1. The normalized spacial score (nSPS) is 17.0. The Morgan fingerprint density at radius 1 is 0.825 bits per heavy atom. The summed E-state index contributed by atoms with van der Waals surface area (Å²) in [6.45, 7) is 6.91. The van der Waals surface area contributed by atoms with Gasteiger partial charge >= 0.3 is 6.09 Å². The number of fused-ring (bicyclic) bond motifs is 2. The minimum atomic E-state index is -0.428. The Bertz CT molecular complexity index is 2280. The Labute approximate surface area is 333 Å². The van der Waals surface area contributed by atoms with Crippen molar-refractivity contribution in [2.24, 2.45) is 7.05 Å². The van der Waals surface area contributed by atoms with Crippen LogP contribution in [0.2, 0.25) is 0 Å². The summed E-state index contributed by atoms with van der Waals surface area (Å²) in [6, 6.07) is 29.9. The van der Waals surface area contributed by atoms with Gasteiger partial charge in [0.2, 0.25) is 0 Å². The number of anilines is 1. The first kappa shape index (κ1) is 38.0. The van der Waals surface area contributed by atoms with E-state index in [1.807, 2.05) is 59.8 Å². The molecule has 1 aromatic heterocycles. The SMILES string of the molecule is Cc1c(C(=O)N(C)c2ccc(O)cc2)cc(-c2cc3c(cc2C(=O)N2Cc4ccccc4C[C@H]2CN2CCOCC2)CN(C(=O)Oc2ccccc2)CCC3)n1C. The van der Waals surface area contributed by atoms with Gasteiger partial charge in [0.25, 0.3) is 11.8 Å². The summed E-state index contributed by atoms with van der Waals surface area (Å²) in [5.41, 5.74) is 8.32. The number of carbonyl (C=O) groups excluding carboxylic acids is 3. The molecule has 11 heteroatoms. The number of ether oxygens (including phenoxy) is 2. The molecule has 11 nitrogen and oxygen atoms in total. The molecule has 1 saturated heterocycles. The summed E-state index contributed by atoms with van der Waals surface area (Å²) < 4.78 is 13.4. The third kappa shape index (κ3) is 7.90. The summed E-state index contributed by atoms with van der Waals surface area (Å²) >= 11 is 0. The molecule has 0 saturated carbocycles. The lowest BCUT2D eigenvalue weighted by molar-refractivity contribution is 0.0193. The predicted octanol–water partition coefficient (Wildman–Crippen LogP) is 6.83. The lowest BCUT2D eigenvalue weighted by Crippen LogP contribution is -2.52. The van der Waals surface area contributed by atoms with Crippen molar-refractivity contribution in [3.63, 3.8) is 0 Å². The molecule has 1 fully saturated rings. The Kier molecular flexibility index (Phi) is 10.9. The Balaban J connectivity index is 1.20. The molecule has 1 atom stereocenters. The number of aromatic nitrogens is 1. The van der Waals surface area contributed by atoms with E-state index in [0.29, 0.717) is 61.8 Å². The molecule has 3 aliphatic rings. The van der Waals surface area contributed by atoms with E-state index in [0.717, 1.165) is 66.1 Å². The molecular weight excluding hydrogens is 719 g/mol. The van der Waals surface area contributed by atoms with Crippen LogP contribution in [0.25, 0.3) is 11.3 Å². The fourth-order valence-electron chi connectivity index (χ4n) is 8.39. The number of amides is 3. The summed E-state index contributed by atoms with van der Waals surface area (Å²) in [5.74, 6) is 0.318. The predicted molar refractivity (Wildman–Crippen MR) is 219 cm³/mol. The van der Waals surface area contributed by atoms with Gasteiger partial charge in [-0.2, -0.15) is 0 Å².